The van der Waals surface area contributed by atoms with Crippen molar-refractivity contribution in [2.24, 2.45) is 0 Å². The highest BCUT2D eigenvalue weighted by atomic mass is 19.3. The van der Waals surface area contributed by atoms with Crippen LogP contribution in [0, 0.1) is 0 Å². The van der Waals surface area contributed by atoms with Gasteiger partial charge in [0.15, 0.2) is 0 Å². The van der Waals surface area contributed by atoms with Gasteiger partial charge in [-0.1, -0.05) is 6.07 Å². The zero-order valence-corrected chi connectivity index (χ0v) is 10.5. The van der Waals surface area contributed by atoms with Gasteiger partial charge in [0.1, 0.15) is 5.75 Å². The van der Waals surface area contributed by atoms with Gasteiger partial charge in [0.05, 0.1) is 0 Å². The van der Waals surface area contributed by atoms with E-state index in [1.807, 2.05) is 20.8 Å². The number of ether oxygens (including phenoxy) is 1. The Balaban J connectivity index is 2.65. The number of urea groups is 1. The number of amides is 2. The SMILES string of the molecule is CC(C)(C)NC(=O)Nc1cccc(OC(F)F)c1. The van der Waals surface area contributed by atoms with Gasteiger partial charge in [0.2, 0.25) is 0 Å². The van der Waals surface area contributed by atoms with Crippen LogP contribution in [-0.4, -0.2) is 18.2 Å². The summed E-state index contributed by atoms with van der Waals surface area (Å²) in [5.41, 5.74) is 0.0103. The first-order chi connectivity index (χ1) is 8.26. The maximum absolute atomic E-state index is 12.0. The van der Waals surface area contributed by atoms with E-state index in [-0.39, 0.29) is 11.3 Å². The third kappa shape index (κ3) is 5.47. The highest BCUT2D eigenvalue weighted by Gasteiger charge is 2.13. The monoisotopic (exact) mass is 258 g/mol. The van der Waals surface area contributed by atoms with Crippen LogP contribution >= 0.6 is 0 Å². The molecule has 1 rings (SSSR count). The first-order valence-corrected chi connectivity index (χ1v) is 5.40. The van der Waals surface area contributed by atoms with E-state index in [9.17, 15) is 13.6 Å². The van der Waals surface area contributed by atoms with Crippen molar-refractivity contribution in [1.82, 2.24) is 5.32 Å². The fraction of sp³-hybridized carbons (Fsp3) is 0.417. The van der Waals surface area contributed by atoms with Crippen molar-refractivity contribution in [3.8, 4) is 5.75 Å². The van der Waals surface area contributed by atoms with Crippen LogP contribution in [0.4, 0.5) is 19.3 Å². The molecule has 0 saturated heterocycles. The predicted octanol–water partition coefficient (Wildman–Crippen LogP) is 3.21. The summed E-state index contributed by atoms with van der Waals surface area (Å²) in [5.74, 6) is -0.00133. The van der Waals surface area contributed by atoms with Crippen LogP contribution in [0.15, 0.2) is 24.3 Å². The summed E-state index contributed by atoms with van der Waals surface area (Å²) in [6, 6.07) is 5.41. The molecule has 0 fully saturated rings. The van der Waals surface area contributed by atoms with E-state index in [1.54, 1.807) is 6.07 Å². The van der Waals surface area contributed by atoms with E-state index >= 15 is 0 Å². The van der Waals surface area contributed by atoms with Crippen LogP contribution in [0.25, 0.3) is 0 Å². The van der Waals surface area contributed by atoms with E-state index in [0.29, 0.717) is 5.69 Å². The summed E-state index contributed by atoms with van der Waals surface area (Å²) in [6.07, 6.45) is 0. The molecule has 0 heterocycles. The third-order valence-corrected chi connectivity index (χ3v) is 1.81. The van der Waals surface area contributed by atoms with Crippen LogP contribution in [0.3, 0.4) is 0 Å². The van der Waals surface area contributed by atoms with Crippen molar-refractivity contribution in [3.63, 3.8) is 0 Å². The van der Waals surface area contributed by atoms with Gasteiger partial charge in [-0.2, -0.15) is 8.78 Å². The second-order valence-electron chi connectivity index (χ2n) is 4.74. The standard InChI is InChI=1S/C12H16F2N2O2/c1-12(2,3)16-11(17)15-8-5-4-6-9(7-8)18-10(13)14/h4-7,10H,1-3H3,(H2,15,16,17). The average Bonchev–Trinajstić information content (AvgIpc) is 2.13. The van der Waals surface area contributed by atoms with Crippen molar-refractivity contribution in [3.05, 3.63) is 24.3 Å². The van der Waals surface area contributed by atoms with Gasteiger partial charge in [0, 0.05) is 17.3 Å². The summed E-state index contributed by atoms with van der Waals surface area (Å²) in [6.45, 7) is 2.62. The molecule has 0 aliphatic heterocycles. The lowest BCUT2D eigenvalue weighted by atomic mass is 10.1. The van der Waals surface area contributed by atoms with Gasteiger partial charge in [-0.3, -0.25) is 0 Å². The van der Waals surface area contributed by atoms with Crippen molar-refractivity contribution in [2.45, 2.75) is 32.9 Å². The first kappa shape index (κ1) is 14.2. The Morgan fingerprint density at radius 1 is 1.33 bits per heavy atom. The zero-order valence-electron chi connectivity index (χ0n) is 10.5. The van der Waals surface area contributed by atoms with E-state index in [0.717, 1.165) is 0 Å². The Morgan fingerprint density at radius 2 is 2.00 bits per heavy atom. The summed E-state index contributed by atoms with van der Waals surface area (Å²) in [5, 5.41) is 5.23. The summed E-state index contributed by atoms with van der Waals surface area (Å²) < 4.78 is 28.3. The minimum atomic E-state index is -2.89. The van der Waals surface area contributed by atoms with Gasteiger partial charge >= 0.3 is 12.6 Å². The fourth-order valence-corrected chi connectivity index (χ4v) is 1.25. The topological polar surface area (TPSA) is 50.4 Å². The molecule has 2 N–H and O–H groups in total. The van der Waals surface area contributed by atoms with E-state index < -0.39 is 12.6 Å². The molecule has 1 aromatic carbocycles. The molecule has 0 unspecified atom stereocenters. The molecule has 0 aliphatic rings. The van der Waals surface area contributed by atoms with Gasteiger partial charge in [-0.15, -0.1) is 0 Å². The maximum Gasteiger partial charge on any atom is 0.387 e. The van der Waals surface area contributed by atoms with E-state index in [4.69, 9.17) is 0 Å². The second kappa shape index (κ2) is 5.66. The van der Waals surface area contributed by atoms with Crippen LogP contribution in [0.1, 0.15) is 20.8 Å². The fourth-order valence-electron chi connectivity index (χ4n) is 1.25. The number of benzene rings is 1. The molecule has 0 aliphatic carbocycles. The lowest BCUT2D eigenvalue weighted by Gasteiger charge is -2.20. The van der Waals surface area contributed by atoms with Crippen molar-refractivity contribution >= 4 is 11.7 Å². The molecule has 6 heteroatoms. The summed E-state index contributed by atoms with van der Waals surface area (Å²) in [7, 11) is 0. The number of halogens is 2. The number of carbonyl (C=O) groups excluding carboxylic acids is 1. The molecule has 0 spiro atoms. The quantitative estimate of drug-likeness (QED) is 0.874. The first-order valence-electron chi connectivity index (χ1n) is 5.40. The molecule has 0 saturated carbocycles. The van der Waals surface area contributed by atoms with Crippen LogP contribution in [0.2, 0.25) is 0 Å². The van der Waals surface area contributed by atoms with Crippen LogP contribution < -0.4 is 15.4 Å². The van der Waals surface area contributed by atoms with Gasteiger partial charge in [-0.05, 0) is 32.9 Å². The molecule has 100 valence electrons. The molecule has 0 aromatic heterocycles. The molecule has 18 heavy (non-hydrogen) atoms. The largest absolute Gasteiger partial charge is 0.435 e. The normalized spacial score (nSPS) is 11.2. The lowest BCUT2D eigenvalue weighted by molar-refractivity contribution is -0.0497. The van der Waals surface area contributed by atoms with Gasteiger partial charge < -0.3 is 15.4 Å². The lowest BCUT2D eigenvalue weighted by Crippen LogP contribution is -2.43. The number of rotatable bonds is 3. The van der Waals surface area contributed by atoms with E-state index in [1.165, 1.54) is 18.2 Å². The highest BCUT2D eigenvalue weighted by Crippen LogP contribution is 2.19. The number of carbonyl (C=O) groups is 1. The number of anilines is 1. The maximum atomic E-state index is 12.0. The molecular weight excluding hydrogens is 242 g/mol. The smallest absolute Gasteiger partial charge is 0.387 e. The van der Waals surface area contributed by atoms with Crippen LogP contribution in [0.5, 0.6) is 5.75 Å². The van der Waals surface area contributed by atoms with Crippen LogP contribution in [-0.2, 0) is 0 Å². The summed E-state index contributed by atoms with van der Waals surface area (Å²) >= 11 is 0. The van der Waals surface area contributed by atoms with Crippen molar-refractivity contribution < 1.29 is 18.3 Å². The second-order valence-corrected chi connectivity index (χ2v) is 4.74. The summed E-state index contributed by atoms with van der Waals surface area (Å²) in [4.78, 5) is 11.6. The average molecular weight is 258 g/mol. The predicted molar refractivity (Wildman–Crippen MR) is 65.0 cm³/mol. The van der Waals surface area contributed by atoms with E-state index in [2.05, 4.69) is 15.4 Å². The number of nitrogens with one attached hydrogen (secondary N) is 2. The van der Waals surface area contributed by atoms with Gasteiger partial charge in [0.25, 0.3) is 0 Å². The minimum Gasteiger partial charge on any atom is -0.435 e. The molecule has 0 bridgehead atoms. The minimum absolute atomic E-state index is 0.00133. The molecule has 4 nitrogen and oxygen atoms in total. The Morgan fingerprint density at radius 3 is 2.56 bits per heavy atom. The molecule has 1 aromatic rings. The number of hydrogen-bond donors (Lipinski definition) is 2. The zero-order chi connectivity index (χ0) is 13.8. The molecular formula is C12H16F2N2O2. The molecule has 0 atom stereocenters. The Labute approximate surface area is 104 Å². The van der Waals surface area contributed by atoms with Crippen molar-refractivity contribution in [1.29, 1.82) is 0 Å². The number of hydrogen-bond acceptors (Lipinski definition) is 2. The third-order valence-electron chi connectivity index (χ3n) is 1.81. The highest BCUT2D eigenvalue weighted by molar-refractivity contribution is 5.89. The number of alkyl halides is 2. The molecule has 0 radical (unpaired) electrons. The van der Waals surface area contributed by atoms with Gasteiger partial charge in [-0.25, -0.2) is 4.79 Å². The Bertz CT molecular complexity index is 417. The Kier molecular flexibility index (Phi) is 4.47. The van der Waals surface area contributed by atoms with Crippen molar-refractivity contribution in [2.75, 3.05) is 5.32 Å². The Hall–Kier alpha value is -1.85. The molecule has 2 amide bonds.